The molecule has 22 aromatic rings. The lowest BCUT2D eigenvalue weighted by molar-refractivity contribution is 1.16. The first-order valence-electron chi connectivity index (χ1n) is 34.9. The Hall–Kier alpha value is -12.8. The molecule has 6 aromatic heterocycles. The Balaban J connectivity index is 0.000000133. The molecule has 0 amide bonds. The summed E-state index contributed by atoms with van der Waals surface area (Å²) in [7, 11) is 0. The molecule has 0 bridgehead atoms. The standard InChI is InChI=1S/2C48H30N2S/c1-3-12-31(13-4-1)33-14-11-15-34(28-33)32-22-24-36(25-23-32)49-41-20-9-7-18-37(41)39-29-40-44(30-43(39)49)50(35-16-5-2-6-17-35)42-26-27-46-48(47(40)42)38-19-8-10-21-45(38)51-46;1-3-12-31(13-4-1)32-22-24-33(25-23-32)34-14-11-17-36(28-34)50-41-20-9-7-18-37(41)39-29-40-44(30-43(39)50)49(35-15-5-2-6-16-35)42-26-27-46-48(47(40)42)38-19-8-10-21-45(38)51-46/h2*1-30H. The van der Waals surface area contributed by atoms with Crippen LogP contribution in [0.15, 0.2) is 364 Å². The minimum absolute atomic E-state index is 1.15. The number of hydrogen-bond acceptors (Lipinski definition) is 2. The summed E-state index contributed by atoms with van der Waals surface area (Å²) in [5, 5.41) is 15.6. The van der Waals surface area contributed by atoms with E-state index in [-0.39, 0.29) is 0 Å². The van der Waals surface area contributed by atoms with Gasteiger partial charge in [0.2, 0.25) is 0 Å². The van der Waals surface area contributed by atoms with Gasteiger partial charge in [-0.2, -0.15) is 0 Å². The molecule has 4 nitrogen and oxygen atoms in total. The van der Waals surface area contributed by atoms with E-state index in [0.717, 1.165) is 11.4 Å². The SMILES string of the molecule is c1ccc(-c2ccc(-c3cccc(-n4c5ccccc5c5cc6c7c8c(ccc7n(-c7ccccc7)c6cc54)sc4ccccc48)c3)cc2)cc1.c1ccc(-c2cccc(-c3ccc(-n4c5ccccc5c5cc6c7c8c(ccc7n(-c7ccccc7)c6cc54)sc4ccccc48)cc3)c2)cc1. The van der Waals surface area contributed by atoms with Crippen LogP contribution in [-0.2, 0) is 0 Å². The van der Waals surface area contributed by atoms with E-state index in [4.69, 9.17) is 0 Å². The molecule has 0 spiro atoms. The average Bonchev–Trinajstić information content (AvgIpc) is 1.55. The van der Waals surface area contributed by atoms with E-state index in [1.165, 1.54) is 183 Å². The molecular formula is C96H60N4S2. The molecular weight excluding hydrogens is 1270 g/mol. The maximum Gasteiger partial charge on any atom is 0.0562 e. The normalized spacial score (nSPS) is 11.9. The summed E-state index contributed by atoms with van der Waals surface area (Å²) in [5.41, 5.74) is 24.1. The summed E-state index contributed by atoms with van der Waals surface area (Å²) in [6.07, 6.45) is 0. The molecule has 476 valence electrons. The Morgan fingerprint density at radius 2 is 0.471 bits per heavy atom. The van der Waals surface area contributed by atoms with E-state index in [9.17, 15) is 0 Å². The predicted molar refractivity (Wildman–Crippen MR) is 438 cm³/mol. The van der Waals surface area contributed by atoms with Gasteiger partial charge in [0.1, 0.15) is 0 Å². The number of thiophene rings is 2. The van der Waals surface area contributed by atoms with Gasteiger partial charge in [0, 0.05) is 106 Å². The van der Waals surface area contributed by atoms with Gasteiger partial charge < -0.3 is 18.3 Å². The van der Waals surface area contributed by atoms with Crippen LogP contribution in [0.25, 0.3) is 195 Å². The van der Waals surface area contributed by atoms with Crippen molar-refractivity contribution in [2.45, 2.75) is 0 Å². The van der Waals surface area contributed by atoms with E-state index in [1.54, 1.807) is 0 Å². The summed E-state index contributed by atoms with van der Waals surface area (Å²) < 4.78 is 15.1. The minimum atomic E-state index is 1.15. The molecule has 0 aliphatic rings. The Kier molecular flexibility index (Phi) is 13.3. The average molecular weight is 1330 g/mol. The zero-order valence-electron chi connectivity index (χ0n) is 55.2. The molecule has 0 atom stereocenters. The van der Waals surface area contributed by atoms with Crippen LogP contribution in [0.4, 0.5) is 0 Å². The van der Waals surface area contributed by atoms with Gasteiger partial charge in [-0.15, -0.1) is 22.7 Å². The summed E-state index contributed by atoms with van der Waals surface area (Å²) in [6.45, 7) is 0. The lowest BCUT2D eigenvalue weighted by atomic mass is 9.99. The van der Waals surface area contributed by atoms with Crippen LogP contribution >= 0.6 is 22.7 Å². The van der Waals surface area contributed by atoms with Gasteiger partial charge in [0.15, 0.2) is 0 Å². The van der Waals surface area contributed by atoms with Crippen LogP contribution in [0.1, 0.15) is 0 Å². The molecule has 16 aromatic carbocycles. The van der Waals surface area contributed by atoms with Crippen LogP contribution in [0.2, 0.25) is 0 Å². The van der Waals surface area contributed by atoms with E-state index >= 15 is 0 Å². The highest BCUT2D eigenvalue weighted by Crippen LogP contribution is 2.49. The topological polar surface area (TPSA) is 19.7 Å². The first kappa shape index (κ1) is 58.2. The van der Waals surface area contributed by atoms with Crippen LogP contribution in [-0.4, -0.2) is 18.3 Å². The molecule has 0 fully saturated rings. The predicted octanol–water partition coefficient (Wildman–Crippen LogP) is 27.2. The van der Waals surface area contributed by atoms with Crippen molar-refractivity contribution in [1.82, 2.24) is 18.3 Å². The Morgan fingerprint density at radius 3 is 0.961 bits per heavy atom. The van der Waals surface area contributed by atoms with Crippen molar-refractivity contribution in [1.29, 1.82) is 0 Å². The number of aromatic nitrogens is 4. The highest BCUT2D eigenvalue weighted by Gasteiger charge is 2.25. The van der Waals surface area contributed by atoms with Gasteiger partial charge in [0.25, 0.3) is 0 Å². The third-order valence-corrected chi connectivity index (χ3v) is 23.3. The van der Waals surface area contributed by atoms with Crippen molar-refractivity contribution in [3.05, 3.63) is 364 Å². The number of nitrogens with zero attached hydrogens (tertiary/aromatic N) is 4. The second-order valence-electron chi connectivity index (χ2n) is 26.7. The van der Waals surface area contributed by atoms with Gasteiger partial charge in [0.05, 0.1) is 44.1 Å². The van der Waals surface area contributed by atoms with Crippen LogP contribution in [0.5, 0.6) is 0 Å². The van der Waals surface area contributed by atoms with Gasteiger partial charge in [-0.25, -0.2) is 0 Å². The highest BCUT2D eigenvalue weighted by atomic mass is 32.1. The van der Waals surface area contributed by atoms with Crippen molar-refractivity contribution in [3.8, 4) is 67.3 Å². The molecule has 0 aliphatic heterocycles. The summed E-state index contributed by atoms with van der Waals surface area (Å²) in [6, 6.07) is 133. The lowest BCUT2D eigenvalue weighted by Gasteiger charge is -2.12. The number of para-hydroxylation sites is 4. The van der Waals surface area contributed by atoms with Crippen LogP contribution < -0.4 is 0 Å². The summed E-state index contributed by atoms with van der Waals surface area (Å²) in [5.74, 6) is 0. The zero-order valence-corrected chi connectivity index (χ0v) is 56.9. The van der Waals surface area contributed by atoms with Gasteiger partial charge >= 0.3 is 0 Å². The molecule has 0 saturated heterocycles. The van der Waals surface area contributed by atoms with Crippen molar-refractivity contribution < 1.29 is 0 Å². The Morgan fingerprint density at radius 1 is 0.147 bits per heavy atom. The first-order chi connectivity index (χ1) is 50.6. The maximum absolute atomic E-state index is 2.46. The van der Waals surface area contributed by atoms with Gasteiger partial charge in [-0.05, 0) is 172 Å². The zero-order chi connectivity index (χ0) is 66.9. The van der Waals surface area contributed by atoms with E-state index in [0.29, 0.717) is 0 Å². The molecule has 0 saturated carbocycles. The van der Waals surface area contributed by atoms with Gasteiger partial charge in [-0.1, -0.05) is 237 Å². The van der Waals surface area contributed by atoms with E-state index < -0.39 is 0 Å². The third kappa shape index (κ3) is 9.20. The summed E-state index contributed by atoms with van der Waals surface area (Å²) in [4.78, 5) is 0. The third-order valence-electron chi connectivity index (χ3n) is 21.0. The second-order valence-corrected chi connectivity index (χ2v) is 28.8. The smallest absolute Gasteiger partial charge is 0.0562 e. The maximum atomic E-state index is 2.46. The minimum Gasteiger partial charge on any atom is -0.309 e. The largest absolute Gasteiger partial charge is 0.309 e. The number of fused-ring (bicyclic) bond motifs is 20. The Labute approximate surface area is 595 Å². The van der Waals surface area contributed by atoms with E-state index in [1.807, 2.05) is 22.7 Å². The van der Waals surface area contributed by atoms with Crippen molar-refractivity contribution >= 4 is 150 Å². The second kappa shape index (κ2) is 23.4. The van der Waals surface area contributed by atoms with Crippen LogP contribution in [0.3, 0.4) is 0 Å². The number of rotatable bonds is 8. The van der Waals surface area contributed by atoms with E-state index in [2.05, 4.69) is 382 Å². The van der Waals surface area contributed by atoms with Crippen molar-refractivity contribution in [2.24, 2.45) is 0 Å². The fraction of sp³-hybridized carbons (Fsp3) is 0. The monoisotopic (exact) mass is 1330 g/mol. The highest BCUT2D eigenvalue weighted by molar-refractivity contribution is 7.26. The fourth-order valence-corrected chi connectivity index (χ4v) is 18.7. The van der Waals surface area contributed by atoms with Crippen LogP contribution in [0, 0.1) is 0 Å². The molecule has 6 heteroatoms. The number of hydrogen-bond donors (Lipinski definition) is 0. The lowest BCUT2D eigenvalue weighted by Crippen LogP contribution is -1.96. The van der Waals surface area contributed by atoms with Gasteiger partial charge in [-0.3, -0.25) is 0 Å². The first-order valence-corrected chi connectivity index (χ1v) is 36.5. The quantitative estimate of drug-likeness (QED) is 0.144. The molecule has 0 aliphatic carbocycles. The number of benzene rings is 16. The van der Waals surface area contributed by atoms with Crippen molar-refractivity contribution in [2.75, 3.05) is 0 Å². The fourth-order valence-electron chi connectivity index (χ4n) is 16.5. The summed E-state index contributed by atoms with van der Waals surface area (Å²) >= 11 is 3.77. The van der Waals surface area contributed by atoms with Crippen molar-refractivity contribution in [3.63, 3.8) is 0 Å². The molecule has 22 rings (SSSR count). The molecule has 0 N–H and O–H groups in total. The molecule has 6 heterocycles. The molecule has 0 radical (unpaired) electrons. The Bertz CT molecular complexity index is 7070. The molecule has 0 unspecified atom stereocenters. The molecule has 102 heavy (non-hydrogen) atoms.